The van der Waals surface area contributed by atoms with Crippen molar-refractivity contribution in [3.63, 3.8) is 0 Å². The number of ether oxygens (including phenoxy) is 1. The molecule has 0 unspecified atom stereocenters. The normalized spacial score (nSPS) is 11.2. The summed E-state index contributed by atoms with van der Waals surface area (Å²) in [5.74, 6) is 0.575. The number of aromatic amines is 1. The lowest BCUT2D eigenvalue weighted by molar-refractivity contribution is 0.0950. The number of aromatic nitrogens is 1. The summed E-state index contributed by atoms with van der Waals surface area (Å²) < 4.78 is 5.52. The van der Waals surface area contributed by atoms with Crippen molar-refractivity contribution < 1.29 is 9.53 Å². The summed E-state index contributed by atoms with van der Waals surface area (Å²) in [5.41, 5.74) is 4.67. The van der Waals surface area contributed by atoms with Gasteiger partial charge < -0.3 is 9.72 Å². The third-order valence-electron chi connectivity index (χ3n) is 2.91. The number of carbonyl (C=O) groups is 1. The molecule has 0 aliphatic rings. The van der Waals surface area contributed by atoms with Gasteiger partial charge in [-0.2, -0.15) is 5.10 Å². The minimum atomic E-state index is -0.262. The molecule has 21 heavy (non-hydrogen) atoms. The fraction of sp³-hybridized carbons (Fsp3) is 0.250. The second-order valence-electron chi connectivity index (χ2n) is 4.59. The smallest absolute Gasteiger partial charge is 0.287 e. The van der Waals surface area contributed by atoms with Crippen molar-refractivity contribution in [1.29, 1.82) is 0 Å². The molecule has 1 heterocycles. The van der Waals surface area contributed by atoms with Crippen LogP contribution >= 0.6 is 0 Å². The molecular formula is C16H19N3O2. The summed E-state index contributed by atoms with van der Waals surface area (Å²) >= 11 is 0. The van der Waals surface area contributed by atoms with Crippen molar-refractivity contribution in [1.82, 2.24) is 10.4 Å². The second kappa shape index (κ2) is 7.28. The number of hydrazone groups is 1. The third kappa shape index (κ3) is 4.21. The fourth-order valence-electron chi connectivity index (χ4n) is 1.74. The lowest BCUT2D eigenvalue weighted by Gasteiger charge is -2.06. The molecule has 2 aromatic rings. The monoisotopic (exact) mass is 285 g/mol. The first kappa shape index (κ1) is 14.8. The second-order valence-corrected chi connectivity index (χ2v) is 4.59. The first-order valence-corrected chi connectivity index (χ1v) is 6.92. The van der Waals surface area contributed by atoms with Gasteiger partial charge in [0.05, 0.1) is 12.3 Å². The van der Waals surface area contributed by atoms with Gasteiger partial charge in [-0.05, 0) is 55.3 Å². The van der Waals surface area contributed by atoms with Gasteiger partial charge >= 0.3 is 0 Å². The van der Waals surface area contributed by atoms with Crippen LogP contribution in [0.3, 0.4) is 0 Å². The molecule has 0 spiro atoms. The van der Waals surface area contributed by atoms with Crippen molar-refractivity contribution in [2.24, 2.45) is 5.10 Å². The molecule has 2 N–H and O–H groups in total. The molecule has 0 bridgehead atoms. The predicted octanol–water partition coefficient (Wildman–Crippen LogP) is 2.96. The quantitative estimate of drug-likeness (QED) is 0.633. The number of benzene rings is 1. The number of nitrogens with one attached hydrogen (secondary N) is 2. The van der Waals surface area contributed by atoms with Gasteiger partial charge in [0.1, 0.15) is 11.4 Å². The van der Waals surface area contributed by atoms with E-state index < -0.39 is 0 Å². The summed E-state index contributed by atoms with van der Waals surface area (Å²) in [6, 6.07) is 11.1. The largest absolute Gasteiger partial charge is 0.494 e. The van der Waals surface area contributed by atoms with E-state index in [4.69, 9.17) is 4.74 Å². The van der Waals surface area contributed by atoms with Crippen molar-refractivity contribution in [3.05, 3.63) is 53.9 Å². The average molecular weight is 285 g/mol. The summed E-state index contributed by atoms with van der Waals surface area (Å²) in [4.78, 5) is 14.6. The number of hydrogen-bond acceptors (Lipinski definition) is 3. The highest BCUT2D eigenvalue weighted by atomic mass is 16.5. The van der Waals surface area contributed by atoms with Crippen LogP contribution in [0.2, 0.25) is 0 Å². The van der Waals surface area contributed by atoms with E-state index in [9.17, 15) is 4.79 Å². The number of H-pyrrole nitrogens is 1. The Kier molecular flexibility index (Phi) is 5.15. The van der Waals surface area contributed by atoms with Crippen LogP contribution in [0.1, 0.15) is 36.3 Å². The zero-order valence-electron chi connectivity index (χ0n) is 12.2. The number of nitrogens with zero attached hydrogens (tertiary/aromatic N) is 1. The fourth-order valence-corrected chi connectivity index (χ4v) is 1.74. The van der Waals surface area contributed by atoms with E-state index in [1.54, 1.807) is 18.3 Å². The highest BCUT2D eigenvalue weighted by molar-refractivity contribution is 6.00. The van der Waals surface area contributed by atoms with Gasteiger partial charge in [-0.25, -0.2) is 5.43 Å². The van der Waals surface area contributed by atoms with Crippen LogP contribution in [0, 0.1) is 0 Å². The van der Waals surface area contributed by atoms with E-state index in [0.29, 0.717) is 12.3 Å². The number of carbonyl (C=O) groups excluding carboxylic acids is 1. The first-order valence-electron chi connectivity index (χ1n) is 6.92. The minimum absolute atomic E-state index is 0.262. The summed E-state index contributed by atoms with van der Waals surface area (Å²) in [6.45, 7) is 4.62. The molecule has 2 rings (SSSR count). The Morgan fingerprint density at radius 1 is 1.29 bits per heavy atom. The lowest BCUT2D eigenvalue weighted by atomic mass is 10.1. The molecule has 1 amide bonds. The molecule has 5 heteroatoms. The minimum Gasteiger partial charge on any atom is -0.494 e. The third-order valence-corrected chi connectivity index (χ3v) is 2.91. The molecular weight excluding hydrogens is 266 g/mol. The van der Waals surface area contributed by atoms with E-state index in [1.807, 2.05) is 31.2 Å². The molecule has 5 nitrogen and oxygen atoms in total. The maximum atomic E-state index is 11.7. The van der Waals surface area contributed by atoms with E-state index in [-0.39, 0.29) is 5.91 Å². The summed E-state index contributed by atoms with van der Waals surface area (Å²) in [5, 5.41) is 4.10. The Morgan fingerprint density at radius 3 is 2.67 bits per heavy atom. The Bertz CT molecular complexity index is 601. The zero-order chi connectivity index (χ0) is 15.1. The van der Waals surface area contributed by atoms with Gasteiger partial charge in [0.25, 0.3) is 5.91 Å². The maximum Gasteiger partial charge on any atom is 0.287 e. The maximum absolute atomic E-state index is 11.7. The molecule has 0 saturated heterocycles. The summed E-state index contributed by atoms with van der Waals surface area (Å²) in [6.07, 6.45) is 2.67. The van der Waals surface area contributed by atoms with Gasteiger partial charge in [0, 0.05) is 6.20 Å². The Morgan fingerprint density at radius 2 is 2.05 bits per heavy atom. The van der Waals surface area contributed by atoms with Gasteiger partial charge in [-0.3, -0.25) is 4.79 Å². The first-order chi connectivity index (χ1) is 10.2. The summed E-state index contributed by atoms with van der Waals surface area (Å²) in [7, 11) is 0. The zero-order valence-corrected chi connectivity index (χ0v) is 12.2. The lowest BCUT2D eigenvalue weighted by Crippen LogP contribution is -2.19. The van der Waals surface area contributed by atoms with Crippen LogP contribution in [-0.4, -0.2) is 23.2 Å². The highest BCUT2D eigenvalue weighted by Crippen LogP contribution is 2.13. The van der Waals surface area contributed by atoms with Gasteiger partial charge in [-0.1, -0.05) is 6.92 Å². The highest BCUT2D eigenvalue weighted by Gasteiger charge is 2.05. The van der Waals surface area contributed by atoms with Gasteiger partial charge in [0.2, 0.25) is 0 Å². The van der Waals surface area contributed by atoms with E-state index in [1.165, 1.54) is 0 Å². The van der Waals surface area contributed by atoms with Crippen LogP contribution in [0.15, 0.2) is 47.7 Å². The Hall–Kier alpha value is -2.56. The van der Waals surface area contributed by atoms with Gasteiger partial charge in [-0.15, -0.1) is 0 Å². The molecule has 0 saturated carbocycles. The number of rotatable bonds is 6. The Balaban J connectivity index is 1.97. The average Bonchev–Trinajstić information content (AvgIpc) is 3.05. The van der Waals surface area contributed by atoms with Crippen molar-refractivity contribution in [2.45, 2.75) is 20.3 Å². The predicted molar refractivity (Wildman–Crippen MR) is 82.7 cm³/mol. The van der Waals surface area contributed by atoms with Crippen molar-refractivity contribution >= 4 is 11.6 Å². The SMILES string of the molecule is CCCOc1ccc(/C(C)=N\NC(=O)c2ccc[nH]2)cc1. The van der Waals surface area contributed by atoms with Crippen molar-refractivity contribution in [3.8, 4) is 5.75 Å². The number of hydrogen-bond donors (Lipinski definition) is 2. The molecule has 0 atom stereocenters. The van der Waals surface area contributed by atoms with E-state index in [0.717, 1.165) is 23.4 Å². The van der Waals surface area contributed by atoms with Crippen LogP contribution in [0.4, 0.5) is 0 Å². The number of amides is 1. The molecule has 110 valence electrons. The van der Waals surface area contributed by atoms with Gasteiger partial charge in [0.15, 0.2) is 0 Å². The van der Waals surface area contributed by atoms with Crippen LogP contribution < -0.4 is 10.2 Å². The molecule has 1 aromatic heterocycles. The Labute approximate surface area is 124 Å². The molecule has 1 aromatic carbocycles. The molecule has 0 fully saturated rings. The van der Waals surface area contributed by atoms with Crippen molar-refractivity contribution in [2.75, 3.05) is 6.61 Å². The van der Waals surface area contributed by atoms with Crippen LogP contribution in [0.25, 0.3) is 0 Å². The standard InChI is InChI=1S/C16H19N3O2/c1-3-11-21-14-8-6-13(7-9-14)12(2)18-19-16(20)15-5-4-10-17-15/h4-10,17H,3,11H2,1-2H3,(H,19,20)/b18-12-. The molecule has 0 aliphatic carbocycles. The van der Waals surface area contributed by atoms with E-state index in [2.05, 4.69) is 22.4 Å². The molecule has 0 radical (unpaired) electrons. The topological polar surface area (TPSA) is 66.5 Å². The molecule has 0 aliphatic heterocycles. The van der Waals surface area contributed by atoms with Crippen LogP contribution in [-0.2, 0) is 0 Å². The van der Waals surface area contributed by atoms with Crippen LogP contribution in [0.5, 0.6) is 5.75 Å². The van der Waals surface area contributed by atoms with E-state index >= 15 is 0 Å².